The van der Waals surface area contributed by atoms with Crippen molar-refractivity contribution in [3.8, 4) is 11.4 Å². The van der Waals surface area contributed by atoms with Crippen molar-refractivity contribution >= 4 is 0 Å². The van der Waals surface area contributed by atoms with E-state index in [4.69, 9.17) is 4.52 Å². The third-order valence-electron chi connectivity index (χ3n) is 3.28. The molecular formula is C13H14FN3O2. The molecule has 100 valence electrons. The van der Waals surface area contributed by atoms with Crippen LogP contribution in [-0.4, -0.2) is 27.9 Å². The van der Waals surface area contributed by atoms with Crippen molar-refractivity contribution < 1.29 is 14.0 Å². The monoisotopic (exact) mass is 263 g/mol. The fraction of sp³-hybridized carbons (Fsp3) is 0.385. The Morgan fingerprint density at radius 1 is 1.47 bits per heavy atom. The number of hydrogen-bond acceptors (Lipinski definition) is 5. The van der Waals surface area contributed by atoms with Crippen LogP contribution < -0.4 is 5.32 Å². The highest BCUT2D eigenvalue weighted by molar-refractivity contribution is 5.59. The summed E-state index contributed by atoms with van der Waals surface area (Å²) in [7, 11) is 0. The summed E-state index contributed by atoms with van der Waals surface area (Å²) < 4.78 is 18.3. The van der Waals surface area contributed by atoms with E-state index >= 15 is 0 Å². The summed E-state index contributed by atoms with van der Waals surface area (Å²) in [6, 6.07) is 4.33. The lowest BCUT2D eigenvalue weighted by Crippen LogP contribution is -2.15. The van der Waals surface area contributed by atoms with Gasteiger partial charge < -0.3 is 14.9 Å². The van der Waals surface area contributed by atoms with Crippen LogP contribution in [-0.2, 0) is 0 Å². The van der Waals surface area contributed by atoms with E-state index in [1.165, 1.54) is 12.1 Å². The molecule has 1 aromatic heterocycles. The van der Waals surface area contributed by atoms with E-state index in [9.17, 15) is 9.50 Å². The van der Waals surface area contributed by atoms with Gasteiger partial charge in [0.2, 0.25) is 11.7 Å². The summed E-state index contributed by atoms with van der Waals surface area (Å²) in [6.07, 6.45) is 0.178. The molecule has 1 aliphatic heterocycles. The first-order chi connectivity index (χ1) is 9.13. The van der Waals surface area contributed by atoms with E-state index in [2.05, 4.69) is 15.5 Å². The molecule has 0 amide bonds. The Bertz CT molecular complexity index is 599. The van der Waals surface area contributed by atoms with Crippen molar-refractivity contribution in [2.75, 3.05) is 6.54 Å². The molecular weight excluding hydrogens is 249 g/mol. The molecule has 1 aromatic carbocycles. The second-order valence-electron chi connectivity index (χ2n) is 4.77. The highest BCUT2D eigenvalue weighted by Crippen LogP contribution is 2.26. The van der Waals surface area contributed by atoms with Crippen LogP contribution in [0.5, 0.6) is 0 Å². The van der Waals surface area contributed by atoms with Crippen LogP contribution in [0.4, 0.5) is 4.39 Å². The molecule has 0 bridgehead atoms. The van der Waals surface area contributed by atoms with Gasteiger partial charge in [-0.15, -0.1) is 0 Å². The van der Waals surface area contributed by atoms with Gasteiger partial charge in [-0.2, -0.15) is 4.98 Å². The van der Waals surface area contributed by atoms with Crippen LogP contribution in [0.3, 0.4) is 0 Å². The average Bonchev–Trinajstić information content (AvgIpc) is 2.97. The van der Waals surface area contributed by atoms with E-state index in [1.807, 2.05) is 0 Å². The number of aromatic nitrogens is 2. The van der Waals surface area contributed by atoms with Gasteiger partial charge in [-0.25, -0.2) is 4.39 Å². The molecule has 0 saturated carbocycles. The quantitative estimate of drug-likeness (QED) is 0.860. The molecule has 0 radical (unpaired) electrons. The molecule has 1 aliphatic rings. The van der Waals surface area contributed by atoms with Gasteiger partial charge in [0, 0.05) is 12.1 Å². The Balaban J connectivity index is 1.88. The predicted octanol–water partition coefficient (Wildman–Crippen LogP) is 1.58. The van der Waals surface area contributed by atoms with Crippen LogP contribution in [0.2, 0.25) is 0 Å². The van der Waals surface area contributed by atoms with Gasteiger partial charge in [0.1, 0.15) is 5.82 Å². The third-order valence-corrected chi connectivity index (χ3v) is 3.28. The van der Waals surface area contributed by atoms with Gasteiger partial charge in [0.05, 0.1) is 12.1 Å². The Hall–Kier alpha value is -1.79. The molecule has 2 heterocycles. The Labute approximate surface area is 109 Å². The topological polar surface area (TPSA) is 71.2 Å². The number of benzene rings is 1. The van der Waals surface area contributed by atoms with Crippen LogP contribution in [0.15, 0.2) is 22.7 Å². The number of aliphatic hydroxyl groups is 1. The minimum atomic E-state index is -0.382. The van der Waals surface area contributed by atoms with Crippen molar-refractivity contribution in [1.82, 2.24) is 15.5 Å². The second-order valence-corrected chi connectivity index (χ2v) is 4.77. The first kappa shape index (κ1) is 12.3. The van der Waals surface area contributed by atoms with E-state index in [0.29, 0.717) is 24.7 Å². The molecule has 2 atom stereocenters. The molecule has 0 spiro atoms. The largest absolute Gasteiger partial charge is 0.392 e. The molecule has 0 unspecified atom stereocenters. The molecule has 0 aliphatic carbocycles. The van der Waals surface area contributed by atoms with Gasteiger partial charge in [-0.1, -0.05) is 5.16 Å². The molecule has 1 fully saturated rings. The van der Waals surface area contributed by atoms with E-state index in [1.54, 1.807) is 13.0 Å². The summed E-state index contributed by atoms with van der Waals surface area (Å²) in [5, 5.41) is 16.5. The Morgan fingerprint density at radius 2 is 2.32 bits per heavy atom. The number of aryl methyl sites for hydroxylation is 1. The normalized spacial score (nSPS) is 22.9. The molecule has 19 heavy (non-hydrogen) atoms. The summed E-state index contributed by atoms with van der Waals surface area (Å²) in [5.74, 6) is 0.608. The summed E-state index contributed by atoms with van der Waals surface area (Å²) >= 11 is 0. The first-order valence-corrected chi connectivity index (χ1v) is 6.15. The first-order valence-electron chi connectivity index (χ1n) is 6.15. The minimum Gasteiger partial charge on any atom is -0.392 e. The molecule has 6 heteroatoms. The van der Waals surface area contributed by atoms with E-state index < -0.39 is 0 Å². The minimum absolute atomic E-state index is 0.114. The molecule has 2 N–H and O–H groups in total. The van der Waals surface area contributed by atoms with Crippen molar-refractivity contribution in [2.24, 2.45) is 0 Å². The standard InChI is InChI=1S/C13H14FN3O2/c1-7-4-8(14)2-3-10(7)12-16-13(19-17-12)11-5-9(18)6-15-11/h2-4,9,11,15,18H,5-6H2,1H3/t9-,11-/m1/s1. The zero-order valence-electron chi connectivity index (χ0n) is 10.4. The summed E-state index contributed by atoms with van der Waals surface area (Å²) in [5.41, 5.74) is 1.50. The van der Waals surface area contributed by atoms with Crippen LogP contribution in [0, 0.1) is 12.7 Å². The smallest absolute Gasteiger partial charge is 0.244 e. The maximum absolute atomic E-state index is 13.1. The maximum Gasteiger partial charge on any atom is 0.244 e. The fourth-order valence-electron chi connectivity index (χ4n) is 2.27. The number of nitrogens with one attached hydrogen (secondary N) is 1. The molecule has 5 nitrogen and oxygen atoms in total. The second kappa shape index (κ2) is 4.71. The number of halogens is 1. The van der Waals surface area contributed by atoms with Gasteiger partial charge in [0.25, 0.3) is 0 Å². The summed E-state index contributed by atoms with van der Waals surface area (Å²) in [4.78, 5) is 4.31. The van der Waals surface area contributed by atoms with E-state index in [-0.39, 0.29) is 18.0 Å². The lowest BCUT2D eigenvalue weighted by Gasteiger charge is -2.02. The lowest BCUT2D eigenvalue weighted by atomic mass is 10.1. The van der Waals surface area contributed by atoms with Crippen LogP contribution in [0.25, 0.3) is 11.4 Å². The number of nitrogens with zero attached hydrogens (tertiary/aromatic N) is 2. The van der Waals surface area contributed by atoms with E-state index in [0.717, 1.165) is 11.1 Å². The highest BCUT2D eigenvalue weighted by atomic mass is 19.1. The highest BCUT2D eigenvalue weighted by Gasteiger charge is 2.28. The molecule has 2 aromatic rings. The van der Waals surface area contributed by atoms with Gasteiger partial charge >= 0.3 is 0 Å². The average molecular weight is 263 g/mol. The third kappa shape index (κ3) is 2.36. The van der Waals surface area contributed by atoms with Crippen molar-refractivity contribution in [3.63, 3.8) is 0 Å². The Kier molecular flexibility index (Phi) is 3.04. The van der Waals surface area contributed by atoms with Crippen LogP contribution >= 0.6 is 0 Å². The number of β-amino-alcohol motifs (C(OH)–C–C–N with tert-alkyl or cyclic N) is 1. The SMILES string of the molecule is Cc1cc(F)ccc1-c1noc([C@H]2C[C@@H](O)CN2)n1. The maximum atomic E-state index is 13.1. The molecule has 1 saturated heterocycles. The fourth-order valence-corrected chi connectivity index (χ4v) is 2.27. The van der Waals surface area contributed by atoms with Crippen molar-refractivity contribution in [2.45, 2.75) is 25.5 Å². The zero-order chi connectivity index (χ0) is 13.4. The lowest BCUT2D eigenvalue weighted by molar-refractivity contribution is 0.191. The van der Waals surface area contributed by atoms with Gasteiger partial charge in [-0.05, 0) is 37.1 Å². The zero-order valence-corrected chi connectivity index (χ0v) is 10.4. The number of aliphatic hydroxyl groups excluding tert-OH is 1. The number of hydrogen-bond donors (Lipinski definition) is 2. The molecule has 3 rings (SSSR count). The summed E-state index contributed by atoms with van der Waals surface area (Å²) in [6.45, 7) is 2.32. The van der Waals surface area contributed by atoms with Crippen molar-refractivity contribution in [3.05, 3.63) is 35.5 Å². The van der Waals surface area contributed by atoms with Gasteiger partial charge in [-0.3, -0.25) is 0 Å². The van der Waals surface area contributed by atoms with Crippen LogP contribution in [0.1, 0.15) is 23.9 Å². The van der Waals surface area contributed by atoms with Crippen molar-refractivity contribution in [1.29, 1.82) is 0 Å². The van der Waals surface area contributed by atoms with Gasteiger partial charge in [0.15, 0.2) is 0 Å². The number of rotatable bonds is 2. The predicted molar refractivity (Wildman–Crippen MR) is 65.8 cm³/mol. The Morgan fingerprint density at radius 3 is 3.00 bits per heavy atom.